The molecular formula is C17H18BrNO. The minimum absolute atomic E-state index is 0.295. The third-order valence-electron chi connectivity index (χ3n) is 4.07. The van der Waals surface area contributed by atoms with E-state index in [4.69, 9.17) is 0 Å². The van der Waals surface area contributed by atoms with Crippen LogP contribution in [0.25, 0.3) is 5.69 Å². The van der Waals surface area contributed by atoms with E-state index in [2.05, 4.69) is 58.6 Å². The summed E-state index contributed by atoms with van der Waals surface area (Å²) in [6.45, 7) is 4.26. The summed E-state index contributed by atoms with van der Waals surface area (Å²) >= 11 is 3.54. The number of carbonyl (C=O) groups excluding carboxylic acids is 1. The number of Topliss-reactive ketones (excluding diaryl/α,β-unsaturated/α-hetero) is 1. The Hall–Kier alpha value is -1.35. The first-order valence-electron chi connectivity index (χ1n) is 7.15. The van der Waals surface area contributed by atoms with Gasteiger partial charge in [-0.1, -0.05) is 22.9 Å². The van der Waals surface area contributed by atoms with Gasteiger partial charge in [0.15, 0.2) is 5.78 Å². The highest BCUT2D eigenvalue weighted by atomic mass is 79.9. The predicted molar refractivity (Wildman–Crippen MR) is 84.9 cm³/mol. The zero-order valence-corrected chi connectivity index (χ0v) is 13.5. The van der Waals surface area contributed by atoms with Gasteiger partial charge in [-0.05, 0) is 56.0 Å². The summed E-state index contributed by atoms with van der Waals surface area (Å²) < 4.78 is 3.38. The highest BCUT2D eigenvalue weighted by molar-refractivity contribution is 9.10. The fourth-order valence-electron chi connectivity index (χ4n) is 3.12. The zero-order chi connectivity index (χ0) is 14.3. The fraction of sp³-hybridized carbons (Fsp3) is 0.353. The molecule has 0 amide bonds. The van der Waals surface area contributed by atoms with E-state index in [1.54, 1.807) is 0 Å². The van der Waals surface area contributed by atoms with Gasteiger partial charge >= 0.3 is 0 Å². The molecule has 1 heterocycles. The third-order valence-corrected chi connectivity index (χ3v) is 4.56. The average Bonchev–Trinajstić information content (AvgIpc) is 2.77. The predicted octanol–water partition coefficient (Wildman–Crippen LogP) is 4.63. The van der Waals surface area contributed by atoms with Crippen LogP contribution < -0.4 is 0 Å². The first kappa shape index (κ1) is 13.6. The van der Waals surface area contributed by atoms with Gasteiger partial charge in [-0.25, -0.2) is 0 Å². The van der Waals surface area contributed by atoms with Gasteiger partial charge in [-0.15, -0.1) is 0 Å². The molecule has 0 saturated carbocycles. The van der Waals surface area contributed by atoms with Crippen LogP contribution in [0.4, 0.5) is 0 Å². The molecule has 2 aromatic rings. The summed E-state index contributed by atoms with van der Waals surface area (Å²) in [5.41, 5.74) is 5.79. The topological polar surface area (TPSA) is 22.0 Å². The van der Waals surface area contributed by atoms with E-state index < -0.39 is 0 Å². The summed E-state index contributed by atoms with van der Waals surface area (Å²) in [6, 6.07) is 8.45. The summed E-state index contributed by atoms with van der Waals surface area (Å²) in [5.74, 6) is 0.295. The van der Waals surface area contributed by atoms with Crippen molar-refractivity contribution in [2.45, 2.75) is 39.5 Å². The van der Waals surface area contributed by atoms with Gasteiger partial charge in [-0.3, -0.25) is 4.79 Å². The van der Waals surface area contributed by atoms with Crippen LogP contribution in [0.5, 0.6) is 0 Å². The van der Waals surface area contributed by atoms with Gasteiger partial charge in [0, 0.05) is 33.5 Å². The Morgan fingerprint density at radius 1 is 1.25 bits per heavy atom. The average molecular weight is 332 g/mol. The maximum Gasteiger partial charge on any atom is 0.164 e. The van der Waals surface area contributed by atoms with Gasteiger partial charge in [0.2, 0.25) is 0 Å². The van der Waals surface area contributed by atoms with Crippen LogP contribution in [0, 0.1) is 6.92 Å². The minimum Gasteiger partial charge on any atom is -0.317 e. The Morgan fingerprint density at radius 3 is 2.80 bits per heavy atom. The number of aromatic nitrogens is 1. The maximum absolute atomic E-state index is 12.1. The van der Waals surface area contributed by atoms with Gasteiger partial charge in [0.1, 0.15) is 0 Å². The van der Waals surface area contributed by atoms with Gasteiger partial charge < -0.3 is 4.57 Å². The van der Waals surface area contributed by atoms with Crippen LogP contribution in [0.15, 0.2) is 28.7 Å². The van der Waals surface area contributed by atoms with E-state index in [0.717, 1.165) is 35.0 Å². The molecule has 0 atom stereocenters. The Morgan fingerprint density at radius 2 is 2.05 bits per heavy atom. The molecule has 0 unspecified atom stereocenters. The number of nitrogens with zero attached hydrogens (tertiary/aromatic N) is 1. The summed E-state index contributed by atoms with van der Waals surface area (Å²) in [6.07, 6.45) is 3.63. The fourth-order valence-corrected chi connectivity index (χ4v) is 3.53. The van der Waals surface area contributed by atoms with Crippen molar-refractivity contribution in [2.75, 3.05) is 0 Å². The molecule has 0 radical (unpaired) electrons. The Bertz CT molecular complexity index is 685. The second-order valence-electron chi connectivity index (χ2n) is 5.38. The Balaban J connectivity index is 2.23. The molecule has 20 heavy (non-hydrogen) atoms. The van der Waals surface area contributed by atoms with Gasteiger partial charge in [0.05, 0.1) is 0 Å². The lowest BCUT2D eigenvalue weighted by Crippen LogP contribution is -2.13. The second kappa shape index (κ2) is 5.21. The lowest BCUT2D eigenvalue weighted by atomic mass is 9.96. The molecule has 1 aliphatic rings. The van der Waals surface area contributed by atoms with Crippen molar-refractivity contribution in [1.82, 2.24) is 4.57 Å². The number of halogens is 1. The maximum atomic E-state index is 12.1. The number of aryl methyl sites for hydroxylation is 2. The van der Waals surface area contributed by atoms with Crippen molar-refractivity contribution < 1.29 is 4.79 Å². The summed E-state index contributed by atoms with van der Waals surface area (Å²) in [7, 11) is 0. The first-order valence-corrected chi connectivity index (χ1v) is 7.94. The molecule has 0 bridgehead atoms. The standard InChI is InChI=1S/C17H18BrNO/c1-3-12-10-13(18)7-8-15(12)19-11(2)9-14-16(19)5-4-6-17(14)20/h7-10H,3-6H2,1-2H3. The molecule has 3 rings (SSSR count). The third kappa shape index (κ3) is 2.14. The van der Waals surface area contributed by atoms with Crippen LogP contribution in [0.2, 0.25) is 0 Å². The van der Waals surface area contributed by atoms with Crippen LogP contribution in [0.1, 0.15) is 47.1 Å². The van der Waals surface area contributed by atoms with Crippen molar-refractivity contribution in [3.63, 3.8) is 0 Å². The highest BCUT2D eigenvalue weighted by Gasteiger charge is 2.23. The van der Waals surface area contributed by atoms with E-state index in [9.17, 15) is 4.79 Å². The van der Waals surface area contributed by atoms with Crippen molar-refractivity contribution >= 4 is 21.7 Å². The van der Waals surface area contributed by atoms with Crippen molar-refractivity contribution in [2.24, 2.45) is 0 Å². The normalized spacial score (nSPS) is 14.4. The van der Waals surface area contributed by atoms with Crippen molar-refractivity contribution in [3.8, 4) is 5.69 Å². The number of benzene rings is 1. The van der Waals surface area contributed by atoms with Gasteiger partial charge in [-0.2, -0.15) is 0 Å². The molecule has 0 spiro atoms. The van der Waals surface area contributed by atoms with E-state index in [0.29, 0.717) is 12.2 Å². The van der Waals surface area contributed by atoms with Crippen LogP contribution >= 0.6 is 15.9 Å². The number of ketones is 1. The number of hydrogen-bond acceptors (Lipinski definition) is 1. The molecule has 0 fully saturated rings. The molecule has 1 aromatic carbocycles. The lowest BCUT2D eigenvalue weighted by molar-refractivity contribution is 0.0972. The Labute approximate surface area is 127 Å². The molecule has 0 aliphatic heterocycles. The number of rotatable bonds is 2. The van der Waals surface area contributed by atoms with Crippen molar-refractivity contribution in [3.05, 3.63) is 51.3 Å². The van der Waals surface area contributed by atoms with Crippen LogP contribution in [-0.2, 0) is 12.8 Å². The highest BCUT2D eigenvalue weighted by Crippen LogP contribution is 2.30. The first-order chi connectivity index (χ1) is 9.61. The molecule has 1 aliphatic carbocycles. The monoisotopic (exact) mass is 331 g/mol. The second-order valence-corrected chi connectivity index (χ2v) is 6.30. The van der Waals surface area contributed by atoms with E-state index in [1.807, 2.05) is 0 Å². The van der Waals surface area contributed by atoms with Crippen molar-refractivity contribution in [1.29, 1.82) is 0 Å². The molecule has 104 valence electrons. The van der Waals surface area contributed by atoms with Gasteiger partial charge in [0.25, 0.3) is 0 Å². The summed E-state index contributed by atoms with van der Waals surface area (Å²) in [4.78, 5) is 12.1. The molecule has 0 N–H and O–H groups in total. The smallest absolute Gasteiger partial charge is 0.164 e. The largest absolute Gasteiger partial charge is 0.317 e. The zero-order valence-electron chi connectivity index (χ0n) is 11.9. The summed E-state index contributed by atoms with van der Waals surface area (Å²) in [5, 5.41) is 0. The van der Waals surface area contributed by atoms with E-state index in [-0.39, 0.29) is 0 Å². The molecule has 1 aromatic heterocycles. The quantitative estimate of drug-likeness (QED) is 0.786. The van der Waals surface area contributed by atoms with Crippen LogP contribution in [0.3, 0.4) is 0 Å². The molecule has 0 saturated heterocycles. The number of fused-ring (bicyclic) bond motifs is 1. The SMILES string of the molecule is CCc1cc(Br)ccc1-n1c(C)cc2c1CCCC2=O. The molecular weight excluding hydrogens is 314 g/mol. The Kier molecular flexibility index (Phi) is 3.55. The molecule has 2 nitrogen and oxygen atoms in total. The molecule has 3 heteroatoms. The van der Waals surface area contributed by atoms with E-state index in [1.165, 1.54) is 16.9 Å². The van der Waals surface area contributed by atoms with E-state index >= 15 is 0 Å². The number of carbonyl (C=O) groups is 1. The lowest BCUT2D eigenvalue weighted by Gasteiger charge is -2.18. The minimum atomic E-state index is 0.295. The van der Waals surface area contributed by atoms with Crippen LogP contribution in [-0.4, -0.2) is 10.4 Å². The number of hydrogen-bond donors (Lipinski definition) is 0.